The highest BCUT2D eigenvalue weighted by Gasteiger charge is 2.17. The van der Waals surface area contributed by atoms with Crippen LogP contribution in [0.3, 0.4) is 0 Å². The first kappa shape index (κ1) is 15.5. The van der Waals surface area contributed by atoms with Crippen molar-refractivity contribution in [1.82, 2.24) is 14.9 Å². The van der Waals surface area contributed by atoms with Crippen molar-refractivity contribution in [3.8, 4) is 0 Å². The van der Waals surface area contributed by atoms with Gasteiger partial charge in [-0.2, -0.15) is 5.10 Å². The third-order valence-electron chi connectivity index (χ3n) is 3.86. The Morgan fingerprint density at radius 2 is 2.00 bits per heavy atom. The Bertz CT molecular complexity index is 723. The Hall–Kier alpha value is -2.37. The molecule has 23 heavy (non-hydrogen) atoms. The molecule has 0 fully saturated rings. The first-order chi connectivity index (χ1) is 11.0. The molecule has 6 nitrogen and oxygen atoms in total. The summed E-state index contributed by atoms with van der Waals surface area (Å²) in [7, 11) is 0. The highest BCUT2D eigenvalue weighted by atomic mass is 16.5. The number of nitrogens with zero attached hydrogens (tertiary/aromatic N) is 5. The standard InChI is InChI=1S/C17H23N5O/c1-12(2)15-8-14(23-20-15)10-22-16(13(3)4)9-17(19-22)21-7-5-6-18-11-21/h5-6,8-9,11-13H,7,10H2,1-4H3. The molecule has 2 aromatic rings. The van der Waals surface area contributed by atoms with Gasteiger partial charge in [-0.05, 0) is 17.9 Å². The molecule has 0 bridgehead atoms. The van der Waals surface area contributed by atoms with Crippen LogP contribution in [0.25, 0.3) is 0 Å². The van der Waals surface area contributed by atoms with E-state index in [2.05, 4.69) is 43.9 Å². The molecule has 0 unspecified atom stereocenters. The molecule has 0 atom stereocenters. The summed E-state index contributed by atoms with van der Waals surface area (Å²) in [5, 5.41) is 8.86. The fourth-order valence-electron chi connectivity index (χ4n) is 2.51. The van der Waals surface area contributed by atoms with Gasteiger partial charge >= 0.3 is 0 Å². The van der Waals surface area contributed by atoms with Crippen molar-refractivity contribution in [2.24, 2.45) is 4.99 Å². The van der Waals surface area contributed by atoms with E-state index in [1.54, 1.807) is 6.20 Å². The van der Waals surface area contributed by atoms with Crippen molar-refractivity contribution in [1.29, 1.82) is 0 Å². The quantitative estimate of drug-likeness (QED) is 0.847. The van der Waals surface area contributed by atoms with Crippen LogP contribution < -0.4 is 4.90 Å². The molecule has 2 aromatic heterocycles. The van der Waals surface area contributed by atoms with Crippen LogP contribution in [0.4, 0.5) is 5.82 Å². The van der Waals surface area contributed by atoms with Crippen molar-refractivity contribution in [3.05, 3.63) is 41.6 Å². The van der Waals surface area contributed by atoms with Gasteiger partial charge in [-0.3, -0.25) is 4.68 Å². The monoisotopic (exact) mass is 313 g/mol. The molecule has 1 aliphatic heterocycles. The van der Waals surface area contributed by atoms with E-state index in [1.165, 1.54) is 5.69 Å². The Morgan fingerprint density at radius 1 is 1.17 bits per heavy atom. The van der Waals surface area contributed by atoms with Gasteiger partial charge in [0.2, 0.25) is 0 Å². The molecule has 3 heterocycles. The smallest absolute Gasteiger partial charge is 0.158 e. The van der Waals surface area contributed by atoms with Gasteiger partial charge in [0, 0.05) is 30.6 Å². The minimum Gasteiger partial charge on any atom is -0.359 e. The number of aromatic nitrogens is 3. The SMILES string of the molecule is CC(C)c1cc(Cn2nc(N3C=NC=CC3)cc2C(C)C)on1. The molecule has 1 aliphatic rings. The van der Waals surface area contributed by atoms with Gasteiger partial charge in [-0.25, -0.2) is 4.99 Å². The Balaban J connectivity index is 1.86. The van der Waals surface area contributed by atoms with E-state index in [0.717, 1.165) is 23.8 Å². The van der Waals surface area contributed by atoms with Gasteiger partial charge in [0.05, 0.1) is 12.0 Å². The molecular weight excluding hydrogens is 290 g/mol. The Labute approximate surface area is 136 Å². The van der Waals surface area contributed by atoms with E-state index in [4.69, 9.17) is 9.62 Å². The van der Waals surface area contributed by atoms with Crippen molar-refractivity contribution in [2.45, 2.75) is 46.1 Å². The van der Waals surface area contributed by atoms with Crippen molar-refractivity contribution < 1.29 is 4.52 Å². The Kier molecular flexibility index (Phi) is 4.32. The first-order valence-corrected chi connectivity index (χ1v) is 8.02. The summed E-state index contributed by atoms with van der Waals surface area (Å²) < 4.78 is 7.45. The summed E-state index contributed by atoms with van der Waals surface area (Å²) in [4.78, 5) is 6.20. The highest BCUT2D eigenvalue weighted by molar-refractivity contribution is 5.79. The summed E-state index contributed by atoms with van der Waals surface area (Å²) in [6, 6.07) is 4.14. The highest BCUT2D eigenvalue weighted by Crippen LogP contribution is 2.23. The molecule has 3 rings (SSSR count). The fraction of sp³-hybridized carbons (Fsp3) is 0.471. The van der Waals surface area contributed by atoms with Crippen LogP contribution in [0.1, 0.15) is 56.7 Å². The van der Waals surface area contributed by atoms with E-state index in [0.29, 0.717) is 18.4 Å². The van der Waals surface area contributed by atoms with Crippen LogP contribution >= 0.6 is 0 Å². The summed E-state index contributed by atoms with van der Waals surface area (Å²) in [5.74, 6) is 2.48. The summed E-state index contributed by atoms with van der Waals surface area (Å²) in [6.07, 6.45) is 5.63. The van der Waals surface area contributed by atoms with Crippen molar-refractivity contribution in [3.63, 3.8) is 0 Å². The summed E-state index contributed by atoms with van der Waals surface area (Å²) in [6.45, 7) is 9.93. The van der Waals surface area contributed by atoms with E-state index in [1.807, 2.05) is 28.1 Å². The van der Waals surface area contributed by atoms with Crippen LogP contribution in [0.15, 0.2) is 33.9 Å². The third kappa shape index (κ3) is 3.36. The number of rotatable bonds is 5. The lowest BCUT2D eigenvalue weighted by Crippen LogP contribution is -2.23. The minimum absolute atomic E-state index is 0.363. The molecule has 6 heteroatoms. The predicted octanol–water partition coefficient (Wildman–Crippen LogP) is 3.53. The molecule has 0 aliphatic carbocycles. The largest absolute Gasteiger partial charge is 0.359 e. The molecule has 0 aromatic carbocycles. The van der Waals surface area contributed by atoms with E-state index < -0.39 is 0 Å². The Morgan fingerprint density at radius 3 is 2.61 bits per heavy atom. The maximum Gasteiger partial charge on any atom is 0.158 e. The molecule has 0 amide bonds. The lowest BCUT2D eigenvalue weighted by molar-refractivity contribution is 0.362. The fourth-order valence-corrected chi connectivity index (χ4v) is 2.51. The topological polar surface area (TPSA) is 59.5 Å². The van der Waals surface area contributed by atoms with Gasteiger partial charge < -0.3 is 9.42 Å². The number of anilines is 1. The number of hydrogen-bond donors (Lipinski definition) is 0. The maximum absolute atomic E-state index is 5.46. The second-order valence-corrected chi connectivity index (χ2v) is 6.41. The summed E-state index contributed by atoms with van der Waals surface area (Å²) >= 11 is 0. The average molecular weight is 313 g/mol. The van der Waals surface area contributed by atoms with Gasteiger partial charge in [-0.15, -0.1) is 0 Å². The predicted molar refractivity (Wildman–Crippen MR) is 91.0 cm³/mol. The zero-order valence-electron chi connectivity index (χ0n) is 14.1. The van der Waals surface area contributed by atoms with Crippen LogP contribution in [0.5, 0.6) is 0 Å². The zero-order chi connectivity index (χ0) is 16.4. The van der Waals surface area contributed by atoms with Gasteiger partial charge in [-0.1, -0.05) is 32.9 Å². The van der Waals surface area contributed by atoms with Crippen molar-refractivity contribution >= 4 is 12.2 Å². The number of hydrogen-bond acceptors (Lipinski definition) is 5. The molecule has 0 N–H and O–H groups in total. The van der Waals surface area contributed by atoms with Crippen LogP contribution in [-0.2, 0) is 6.54 Å². The van der Waals surface area contributed by atoms with Gasteiger partial charge in [0.15, 0.2) is 11.6 Å². The number of aliphatic imine (C=N–C) groups is 1. The third-order valence-corrected chi connectivity index (χ3v) is 3.86. The molecule has 0 saturated carbocycles. The lowest BCUT2D eigenvalue weighted by Gasteiger charge is -2.15. The normalized spacial score (nSPS) is 14.4. The molecule has 0 spiro atoms. The molecule has 0 radical (unpaired) electrons. The second kappa shape index (κ2) is 6.40. The van der Waals surface area contributed by atoms with Gasteiger partial charge in [0.25, 0.3) is 0 Å². The van der Waals surface area contributed by atoms with Gasteiger partial charge in [0.1, 0.15) is 6.54 Å². The summed E-state index contributed by atoms with van der Waals surface area (Å²) in [5.41, 5.74) is 2.15. The van der Waals surface area contributed by atoms with Crippen LogP contribution in [0, 0.1) is 0 Å². The first-order valence-electron chi connectivity index (χ1n) is 8.02. The van der Waals surface area contributed by atoms with E-state index in [9.17, 15) is 0 Å². The second-order valence-electron chi connectivity index (χ2n) is 6.41. The van der Waals surface area contributed by atoms with E-state index >= 15 is 0 Å². The average Bonchev–Trinajstić information content (AvgIpc) is 3.16. The zero-order valence-corrected chi connectivity index (χ0v) is 14.1. The van der Waals surface area contributed by atoms with Crippen LogP contribution in [0.2, 0.25) is 0 Å². The maximum atomic E-state index is 5.46. The molecule has 0 saturated heterocycles. The lowest BCUT2D eigenvalue weighted by atomic mass is 10.1. The minimum atomic E-state index is 0.363. The molecular formula is C17H23N5O. The molecule has 122 valence electrons. The van der Waals surface area contributed by atoms with Crippen molar-refractivity contribution in [2.75, 3.05) is 11.4 Å². The van der Waals surface area contributed by atoms with E-state index in [-0.39, 0.29) is 0 Å². The van der Waals surface area contributed by atoms with Crippen LogP contribution in [-0.4, -0.2) is 27.8 Å².